The molecule has 0 saturated carbocycles. The first-order valence-electron chi connectivity index (χ1n) is 6.63. The molecule has 2 aromatic rings. The highest BCUT2D eigenvalue weighted by molar-refractivity contribution is 9.10. The van der Waals surface area contributed by atoms with Gasteiger partial charge in [-0.15, -0.1) is 0 Å². The molecule has 0 unspecified atom stereocenters. The molecule has 1 aromatic heterocycles. The van der Waals surface area contributed by atoms with Crippen molar-refractivity contribution >= 4 is 33.4 Å². The zero-order valence-corrected chi connectivity index (χ0v) is 14.3. The summed E-state index contributed by atoms with van der Waals surface area (Å²) in [5.74, 6) is -0.157. The first-order valence-corrected chi connectivity index (χ1v) is 7.80. The van der Waals surface area contributed by atoms with Gasteiger partial charge in [0.25, 0.3) is 5.91 Å². The SMILES string of the molecule is Cc1ccc(CCNC(=O)c2cc(Cl)ncc2Br)c(C)c1. The van der Waals surface area contributed by atoms with Crippen LogP contribution in [0.25, 0.3) is 0 Å². The van der Waals surface area contributed by atoms with Gasteiger partial charge in [-0.2, -0.15) is 0 Å². The minimum Gasteiger partial charge on any atom is -0.352 e. The Morgan fingerprint density at radius 2 is 2.10 bits per heavy atom. The van der Waals surface area contributed by atoms with Gasteiger partial charge in [0.15, 0.2) is 0 Å². The predicted octanol–water partition coefficient (Wildman–Crippen LogP) is 4.09. The minimum atomic E-state index is -0.157. The summed E-state index contributed by atoms with van der Waals surface area (Å²) in [5, 5.41) is 3.21. The topological polar surface area (TPSA) is 42.0 Å². The molecule has 110 valence electrons. The second-order valence-corrected chi connectivity index (χ2v) is 6.16. The van der Waals surface area contributed by atoms with Gasteiger partial charge in [-0.25, -0.2) is 4.98 Å². The highest BCUT2D eigenvalue weighted by atomic mass is 79.9. The van der Waals surface area contributed by atoms with Crippen LogP contribution >= 0.6 is 27.5 Å². The number of carbonyl (C=O) groups excluding carboxylic acids is 1. The average molecular weight is 368 g/mol. The molecule has 1 heterocycles. The minimum absolute atomic E-state index is 0.157. The number of carbonyl (C=O) groups is 1. The van der Waals surface area contributed by atoms with Crippen LogP contribution in [0.1, 0.15) is 27.0 Å². The Bertz CT molecular complexity index is 673. The maximum Gasteiger partial charge on any atom is 0.252 e. The standard InChI is InChI=1S/C16H16BrClN2O/c1-10-3-4-12(11(2)7-10)5-6-19-16(21)13-8-15(18)20-9-14(13)17/h3-4,7-9H,5-6H2,1-2H3,(H,19,21). The number of benzene rings is 1. The summed E-state index contributed by atoms with van der Waals surface area (Å²) in [6.07, 6.45) is 2.33. The molecule has 0 saturated heterocycles. The average Bonchev–Trinajstić information content (AvgIpc) is 2.43. The zero-order chi connectivity index (χ0) is 15.4. The second kappa shape index (κ2) is 7.05. The van der Waals surface area contributed by atoms with Crippen LogP contribution in [0.2, 0.25) is 5.15 Å². The number of pyridine rings is 1. The van der Waals surface area contributed by atoms with E-state index < -0.39 is 0 Å². The van der Waals surface area contributed by atoms with Crippen LogP contribution in [-0.4, -0.2) is 17.4 Å². The van der Waals surface area contributed by atoms with Crippen molar-refractivity contribution in [2.45, 2.75) is 20.3 Å². The van der Waals surface area contributed by atoms with Gasteiger partial charge in [-0.3, -0.25) is 4.79 Å². The summed E-state index contributed by atoms with van der Waals surface area (Å²) in [5.41, 5.74) is 4.23. The number of aryl methyl sites for hydroxylation is 2. The van der Waals surface area contributed by atoms with E-state index in [0.29, 0.717) is 21.7 Å². The first kappa shape index (κ1) is 16.0. The predicted molar refractivity (Wildman–Crippen MR) is 88.9 cm³/mol. The van der Waals surface area contributed by atoms with E-state index in [-0.39, 0.29) is 5.91 Å². The molecule has 0 spiro atoms. The molecule has 0 aliphatic rings. The monoisotopic (exact) mass is 366 g/mol. The van der Waals surface area contributed by atoms with E-state index in [9.17, 15) is 4.79 Å². The van der Waals surface area contributed by atoms with Gasteiger partial charge in [0.05, 0.1) is 5.56 Å². The lowest BCUT2D eigenvalue weighted by atomic mass is 10.0. The summed E-state index contributed by atoms with van der Waals surface area (Å²) in [6.45, 7) is 4.74. The van der Waals surface area contributed by atoms with Crippen molar-refractivity contribution in [3.05, 3.63) is 62.3 Å². The van der Waals surface area contributed by atoms with E-state index in [1.165, 1.54) is 22.9 Å². The van der Waals surface area contributed by atoms with Gasteiger partial charge in [0, 0.05) is 17.2 Å². The fourth-order valence-electron chi connectivity index (χ4n) is 2.12. The van der Waals surface area contributed by atoms with E-state index in [4.69, 9.17) is 11.6 Å². The second-order valence-electron chi connectivity index (χ2n) is 4.92. The molecule has 1 amide bonds. The summed E-state index contributed by atoms with van der Waals surface area (Å²) < 4.78 is 0.635. The molecule has 1 N–H and O–H groups in total. The third-order valence-corrected chi connectivity index (χ3v) is 4.08. The van der Waals surface area contributed by atoms with Crippen LogP contribution in [0.3, 0.4) is 0 Å². The van der Waals surface area contributed by atoms with Gasteiger partial charge in [-0.05, 0) is 53.4 Å². The van der Waals surface area contributed by atoms with E-state index in [0.717, 1.165) is 6.42 Å². The smallest absolute Gasteiger partial charge is 0.252 e. The van der Waals surface area contributed by atoms with Crippen molar-refractivity contribution in [3.8, 4) is 0 Å². The maximum absolute atomic E-state index is 12.1. The van der Waals surface area contributed by atoms with Crippen molar-refractivity contribution in [1.82, 2.24) is 10.3 Å². The van der Waals surface area contributed by atoms with Crippen molar-refractivity contribution in [1.29, 1.82) is 0 Å². The molecular weight excluding hydrogens is 352 g/mol. The van der Waals surface area contributed by atoms with E-state index >= 15 is 0 Å². The van der Waals surface area contributed by atoms with E-state index in [2.05, 4.69) is 58.3 Å². The molecule has 0 bridgehead atoms. The van der Waals surface area contributed by atoms with Crippen LogP contribution < -0.4 is 5.32 Å². The highest BCUT2D eigenvalue weighted by Crippen LogP contribution is 2.18. The third kappa shape index (κ3) is 4.29. The van der Waals surface area contributed by atoms with Gasteiger partial charge >= 0.3 is 0 Å². The number of amides is 1. The Kier molecular flexibility index (Phi) is 5.37. The number of hydrogen-bond acceptors (Lipinski definition) is 2. The number of halogens is 2. The molecule has 0 atom stereocenters. The van der Waals surface area contributed by atoms with Gasteiger partial charge < -0.3 is 5.32 Å². The molecule has 3 nitrogen and oxygen atoms in total. The molecule has 0 aliphatic carbocycles. The Hall–Kier alpha value is -1.39. The highest BCUT2D eigenvalue weighted by Gasteiger charge is 2.11. The van der Waals surface area contributed by atoms with Crippen LogP contribution in [0.4, 0.5) is 0 Å². The summed E-state index contributed by atoms with van der Waals surface area (Å²) in [7, 11) is 0. The van der Waals surface area contributed by atoms with E-state index in [1.54, 1.807) is 6.07 Å². The molecule has 0 radical (unpaired) electrons. The molecule has 1 aromatic carbocycles. The molecular formula is C16H16BrClN2O. The van der Waals surface area contributed by atoms with Crippen molar-refractivity contribution in [2.24, 2.45) is 0 Å². The maximum atomic E-state index is 12.1. The molecule has 5 heteroatoms. The summed E-state index contributed by atoms with van der Waals surface area (Å²) in [6, 6.07) is 7.90. The Balaban J connectivity index is 1.97. The largest absolute Gasteiger partial charge is 0.352 e. The van der Waals surface area contributed by atoms with Gasteiger partial charge in [-0.1, -0.05) is 35.4 Å². The number of nitrogens with one attached hydrogen (secondary N) is 1. The lowest BCUT2D eigenvalue weighted by Crippen LogP contribution is -2.26. The summed E-state index contributed by atoms with van der Waals surface area (Å²) >= 11 is 9.12. The lowest BCUT2D eigenvalue weighted by Gasteiger charge is -2.09. The Morgan fingerprint density at radius 1 is 1.33 bits per heavy atom. The quantitative estimate of drug-likeness (QED) is 0.827. The number of nitrogens with zero attached hydrogens (tertiary/aromatic N) is 1. The van der Waals surface area contributed by atoms with Crippen LogP contribution in [0, 0.1) is 13.8 Å². The van der Waals surface area contributed by atoms with Gasteiger partial charge in [0.2, 0.25) is 0 Å². The van der Waals surface area contributed by atoms with Crippen molar-refractivity contribution in [2.75, 3.05) is 6.54 Å². The normalized spacial score (nSPS) is 10.5. The third-order valence-electron chi connectivity index (χ3n) is 3.24. The zero-order valence-electron chi connectivity index (χ0n) is 11.9. The van der Waals surface area contributed by atoms with Crippen molar-refractivity contribution in [3.63, 3.8) is 0 Å². The molecule has 0 aliphatic heterocycles. The van der Waals surface area contributed by atoms with E-state index in [1.807, 2.05) is 0 Å². The number of rotatable bonds is 4. The molecule has 21 heavy (non-hydrogen) atoms. The fraction of sp³-hybridized carbons (Fsp3) is 0.250. The first-order chi connectivity index (χ1) is 9.97. The van der Waals surface area contributed by atoms with Gasteiger partial charge in [0.1, 0.15) is 5.15 Å². The van der Waals surface area contributed by atoms with Crippen LogP contribution in [-0.2, 0) is 6.42 Å². The summed E-state index contributed by atoms with van der Waals surface area (Å²) in [4.78, 5) is 16.0. The molecule has 0 fully saturated rings. The van der Waals surface area contributed by atoms with Crippen molar-refractivity contribution < 1.29 is 4.79 Å². The lowest BCUT2D eigenvalue weighted by molar-refractivity contribution is 0.0953. The molecule has 2 rings (SSSR count). The number of hydrogen-bond donors (Lipinski definition) is 1. The van der Waals surface area contributed by atoms with Crippen LogP contribution in [0.5, 0.6) is 0 Å². The fourth-order valence-corrected chi connectivity index (χ4v) is 2.67. The van der Waals surface area contributed by atoms with Crippen LogP contribution in [0.15, 0.2) is 34.9 Å². The Labute approximate surface area is 137 Å². The Morgan fingerprint density at radius 3 is 2.81 bits per heavy atom. The number of aromatic nitrogens is 1.